The van der Waals surface area contributed by atoms with Crippen molar-refractivity contribution in [3.8, 4) is 5.69 Å². The molecule has 1 amide bonds. The first kappa shape index (κ1) is 19.0. The predicted octanol–water partition coefficient (Wildman–Crippen LogP) is 3.39. The number of benzene rings is 1. The van der Waals surface area contributed by atoms with Gasteiger partial charge >= 0.3 is 0 Å². The van der Waals surface area contributed by atoms with Gasteiger partial charge in [-0.3, -0.25) is 4.79 Å². The summed E-state index contributed by atoms with van der Waals surface area (Å²) in [5.74, 6) is 2.57. The zero-order chi connectivity index (χ0) is 20.7. The van der Waals surface area contributed by atoms with Crippen LogP contribution in [-0.2, 0) is 4.79 Å². The summed E-state index contributed by atoms with van der Waals surface area (Å²) in [7, 11) is 0. The van der Waals surface area contributed by atoms with Crippen molar-refractivity contribution in [3.63, 3.8) is 0 Å². The number of piperazine rings is 1. The van der Waals surface area contributed by atoms with Crippen LogP contribution in [0.15, 0.2) is 36.5 Å². The molecule has 1 saturated carbocycles. The lowest BCUT2D eigenvalue weighted by Crippen LogP contribution is -2.51. The number of amides is 1. The van der Waals surface area contributed by atoms with Gasteiger partial charge in [0.05, 0.1) is 17.3 Å². The van der Waals surface area contributed by atoms with Crippen molar-refractivity contribution in [3.05, 3.63) is 42.4 Å². The van der Waals surface area contributed by atoms with Gasteiger partial charge in [-0.25, -0.2) is 14.6 Å². The molecular formula is C23H28N6O. The van der Waals surface area contributed by atoms with E-state index in [9.17, 15) is 4.79 Å². The lowest BCUT2D eigenvalue weighted by Gasteiger charge is -2.38. The van der Waals surface area contributed by atoms with E-state index in [1.165, 1.54) is 6.42 Å². The summed E-state index contributed by atoms with van der Waals surface area (Å²) in [6.45, 7) is 7.32. The van der Waals surface area contributed by atoms with Gasteiger partial charge in [-0.2, -0.15) is 5.10 Å². The molecule has 0 N–H and O–H groups in total. The van der Waals surface area contributed by atoms with Crippen LogP contribution in [0.4, 0.5) is 5.82 Å². The Morgan fingerprint density at radius 3 is 2.40 bits per heavy atom. The van der Waals surface area contributed by atoms with Gasteiger partial charge in [0, 0.05) is 38.0 Å². The van der Waals surface area contributed by atoms with Crippen LogP contribution in [0.2, 0.25) is 0 Å². The first-order valence-corrected chi connectivity index (χ1v) is 11.0. The molecule has 0 bridgehead atoms. The Labute approximate surface area is 176 Å². The first-order valence-electron chi connectivity index (χ1n) is 11.0. The summed E-state index contributed by atoms with van der Waals surface area (Å²) >= 11 is 0. The third kappa shape index (κ3) is 3.32. The average molecular weight is 405 g/mol. The van der Waals surface area contributed by atoms with E-state index in [0.717, 1.165) is 67.4 Å². The van der Waals surface area contributed by atoms with Crippen molar-refractivity contribution in [1.82, 2.24) is 24.6 Å². The minimum absolute atomic E-state index is 0.216. The van der Waals surface area contributed by atoms with Crippen LogP contribution >= 0.6 is 0 Å². The molecular weight excluding hydrogens is 376 g/mol. The number of carbonyl (C=O) groups is 1. The van der Waals surface area contributed by atoms with Gasteiger partial charge in [0.25, 0.3) is 0 Å². The molecule has 0 radical (unpaired) electrons. The van der Waals surface area contributed by atoms with Crippen LogP contribution in [-0.4, -0.2) is 56.7 Å². The van der Waals surface area contributed by atoms with E-state index in [0.29, 0.717) is 5.91 Å². The van der Waals surface area contributed by atoms with Gasteiger partial charge in [0.15, 0.2) is 5.65 Å². The average Bonchev–Trinajstić information content (AvgIpc) is 3.16. The second-order valence-electron chi connectivity index (χ2n) is 8.63. The smallest absolute Gasteiger partial charge is 0.225 e. The zero-order valence-electron chi connectivity index (χ0n) is 17.7. The van der Waals surface area contributed by atoms with E-state index in [-0.39, 0.29) is 11.8 Å². The maximum Gasteiger partial charge on any atom is 0.225 e. The zero-order valence-corrected chi connectivity index (χ0v) is 17.7. The molecule has 5 rings (SSSR count). The van der Waals surface area contributed by atoms with E-state index < -0.39 is 0 Å². The molecule has 0 spiro atoms. The van der Waals surface area contributed by atoms with Gasteiger partial charge < -0.3 is 9.80 Å². The summed E-state index contributed by atoms with van der Waals surface area (Å²) in [6.07, 6.45) is 5.18. The number of aromatic nitrogens is 4. The highest BCUT2D eigenvalue weighted by molar-refractivity contribution is 5.88. The van der Waals surface area contributed by atoms with Gasteiger partial charge in [0.1, 0.15) is 11.6 Å². The normalized spacial score (nSPS) is 17.6. The van der Waals surface area contributed by atoms with E-state index in [1.807, 2.05) is 46.1 Å². The fourth-order valence-corrected chi connectivity index (χ4v) is 4.22. The van der Waals surface area contributed by atoms with Crippen molar-refractivity contribution in [2.24, 2.45) is 5.92 Å². The Morgan fingerprint density at radius 2 is 1.77 bits per heavy atom. The molecule has 1 aliphatic heterocycles. The largest absolute Gasteiger partial charge is 0.352 e. The molecule has 1 aliphatic carbocycles. The number of nitrogens with zero attached hydrogens (tertiary/aromatic N) is 6. The first-order chi connectivity index (χ1) is 14.6. The third-order valence-corrected chi connectivity index (χ3v) is 6.29. The highest BCUT2D eigenvalue weighted by atomic mass is 16.2. The van der Waals surface area contributed by atoms with Crippen LogP contribution in [0.1, 0.15) is 44.9 Å². The molecule has 30 heavy (non-hydrogen) atoms. The van der Waals surface area contributed by atoms with Crippen LogP contribution in [0.5, 0.6) is 0 Å². The SMILES string of the molecule is CC(C)c1nc(N2CCN(C(=O)C3CCC3)CC2)c2cnn(-c3ccccc3)c2n1. The lowest BCUT2D eigenvalue weighted by atomic mass is 9.84. The summed E-state index contributed by atoms with van der Waals surface area (Å²) < 4.78 is 1.89. The van der Waals surface area contributed by atoms with E-state index in [2.05, 4.69) is 23.8 Å². The number of rotatable bonds is 4. The minimum atomic E-state index is 0.216. The number of fused-ring (bicyclic) bond motifs is 1. The van der Waals surface area contributed by atoms with E-state index in [4.69, 9.17) is 9.97 Å². The van der Waals surface area contributed by atoms with Gasteiger partial charge in [-0.05, 0) is 25.0 Å². The molecule has 3 heterocycles. The van der Waals surface area contributed by atoms with Crippen LogP contribution < -0.4 is 4.90 Å². The van der Waals surface area contributed by atoms with Gasteiger partial charge in [0.2, 0.25) is 5.91 Å². The molecule has 7 nitrogen and oxygen atoms in total. The minimum Gasteiger partial charge on any atom is -0.352 e. The van der Waals surface area contributed by atoms with Crippen molar-refractivity contribution >= 4 is 22.8 Å². The van der Waals surface area contributed by atoms with Gasteiger partial charge in [-0.1, -0.05) is 38.5 Å². The third-order valence-electron chi connectivity index (χ3n) is 6.29. The summed E-state index contributed by atoms with van der Waals surface area (Å²) in [5.41, 5.74) is 1.82. The number of hydrogen-bond donors (Lipinski definition) is 0. The molecule has 156 valence electrons. The predicted molar refractivity (Wildman–Crippen MR) is 117 cm³/mol. The topological polar surface area (TPSA) is 67.2 Å². The number of anilines is 1. The van der Waals surface area contributed by atoms with Crippen molar-refractivity contribution in [1.29, 1.82) is 0 Å². The van der Waals surface area contributed by atoms with Crippen LogP contribution in [0.3, 0.4) is 0 Å². The molecule has 1 saturated heterocycles. The molecule has 2 fully saturated rings. The molecule has 3 aromatic rings. The standard InChI is InChI=1S/C23H28N6O/c1-16(2)20-25-21(27-11-13-28(14-12-27)23(30)17-7-6-8-17)19-15-24-29(22(19)26-20)18-9-4-3-5-10-18/h3-5,9-10,15-17H,6-8,11-14H2,1-2H3. The molecule has 1 aromatic carbocycles. The Kier molecular flexibility index (Phi) is 4.89. The fourth-order valence-electron chi connectivity index (χ4n) is 4.22. The van der Waals surface area contributed by atoms with Crippen molar-refractivity contribution < 1.29 is 4.79 Å². The number of para-hydroxylation sites is 1. The van der Waals surface area contributed by atoms with Crippen LogP contribution in [0, 0.1) is 5.92 Å². The summed E-state index contributed by atoms with van der Waals surface area (Å²) in [6, 6.07) is 10.1. The van der Waals surface area contributed by atoms with Crippen molar-refractivity contribution in [2.75, 3.05) is 31.1 Å². The van der Waals surface area contributed by atoms with Crippen LogP contribution in [0.25, 0.3) is 16.7 Å². The monoisotopic (exact) mass is 404 g/mol. The fraction of sp³-hybridized carbons (Fsp3) is 0.478. The number of hydrogen-bond acceptors (Lipinski definition) is 5. The summed E-state index contributed by atoms with van der Waals surface area (Å²) in [5, 5.41) is 5.59. The Hall–Kier alpha value is -2.96. The highest BCUT2D eigenvalue weighted by Gasteiger charge is 2.32. The maximum absolute atomic E-state index is 12.6. The van der Waals surface area contributed by atoms with Gasteiger partial charge in [-0.15, -0.1) is 0 Å². The Balaban J connectivity index is 1.47. The number of carbonyl (C=O) groups excluding carboxylic acids is 1. The second kappa shape index (κ2) is 7.70. The summed E-state index contributed by atoms with van der Waals surface area (Å²) in [4.78, 5) is 26.7. The molecule has 7 heteroatoms. The van der Waals surface area contributed by atoms with E-state index in [1.54, 1.807) is 0 Å². The quantitative estimate of drug-likeness (QED) is 0.667. The maximum atomic E-state index is 12.6. The molecule has 2 aromatic heterocycles. The van der Waals surface area contributed by atoms with E-state index >= 15 is 0 Å². The highest BCUT2D eigenvalue weighted by Crippen LogP contribution is 2.31. The van der Waals surface area contributed by atoms with Crippen molar-refractivity contribution in [2.45, 2.75) is 39.0 Å². The molecule has 0 unspecified atom stereocenters. The second-order valence-corrected chi connectivity index (χ2v) is 8.63. The Bertz CT molecular complexity index is 1050. The molecule has 0 atom stereocenters. The Morgan fingerprint density at radius 1 is 1.03 bits per heavy atom. The lowest BCUT2D eigenvalue weighted by molar-refractivity contribution is -0.138. The molecule has 2 aliphatic rings.